The number of rotatable bonds is 6. The molecule has 1 amide bonds. The highest BCUT2D eigenvalue weighted by Gasteiger charge is 2.19. The summed E-state index contributed by atoms with van der Waals surface area (Å²) in [5.74, 6) is 0.0216. The highest BCUT2D eigenvalue weighted by molar-refractivity contribution is 9.11. The molecule has 1 heterocycles. The summed E-state index contributed by atoms with van der Waals surface area (Å²) >= 11 is 4.88. The van der Waals surface area contributed by atoms with Crippen LogP contribution in [0.1, 0.15) is 29.6 Å². The van der Waals surface area contributed by atoms with E-state index in [-0.39, 0.29) is 5.91 Å². The molecule has 2 rings (SSSR count). The van der Waals surface area contributed by atoms with E-state index in [1.54, 1.807) is 0 Å². The van der Waals surface area contributed by atoms with Gasteiger partial charge >= 0.3 is 0 Å². The summed E-state index contributed by atoms with van der Waals surface area (Å²) in [6.45, 7) is 1.74. The summed E-state index contributed by atoms with van der Waals surface area (Å²) in [6, 6.07) is 2.60. The number of amides is 1. The quantitative estimate of drug-likeness (QED) is 0.792. The van der Waals surface area contributed by atoms with Gasteiger partial charge in [-0.05, 0) is 47.8 Å². The maximum atomic E-state index is 11.6. The van der Waals surface area contributed by atoms with Crippen molar-refractivity contribution in [3.8, 4) is 0 Å². The SMILES string of the molecule is O=C(NCCCNC1CC1)c1csc(Br)c1. The van der Waals surface area contributed by atoms with Crippen molar-refractivity contribution in [2.24, 2.45) is 0 Å². The first-order valence-electron chi connectivity index (χ1n) is 5.51. The standard InChI is InChI=1S/C11H15BrN2OS/c12-10-6-8(7-16-10)11(15)14-5-1-4-13-9-2-3-9/h6-7,9,13H,1-5H2,(H,14,15). The zero-order chi connectivity index (χ0) is 11.4. The number of hydrogen-bond donors (Lipinski definition) is 2. The summed E-state index contributed by atoms with van der Waals surface area (Å²) in [7, 11) is 0. The molecule has 0 aromatic carbocycles. The molecule has 1 aliphatic rings. The summed E-state index contributed by atoms with van der Waals surface area (Å²) in [5, 5.41) is 8.19. The van der Waals surface area contributed by atoms with E-state index in [4.69, 9.17) is 0 Å². The molecule has 0 radical (unpaired) electrons. The lowest BCUT2D eigenvalue weighted by molar-refractivity contribution is 0.0953. The van der Waals surface area contributed by atoms with Crippen LogP contribution < -0.4 is 10.6 Å². The Hall–Kier alpha value is -0.390. The van der Waals surface area contributed by atoms with Crippen molar-refractivity contribution in [2.75, 3.05) is 13.1 Å². The number of thiophene rings is 1. The number of nitrogens with one attached hydrogen (secondary N) is 2. The molecular weight excluding hydrogens is 288 g/mol. The van der Waals surface area contributed by atoms with E-state index in [9.17, 15) is 4.79 Å². The molecule has 1 aromatic rings. The molecule has 0 saturated heterocycles. The first kappa shape index (κ1) is 12.1. The monoisotopic (exact) mass is 302 g/mol. The van der Waals surface area contributed by atoms with Gasteiger partial charge in [0.2, 0.25) is 0 Å². The minimum Gasteiger partial charge on any atom is -0.352 e. The van der Waals surface area contributed by atoms with E-state index in [1.807, 2.05) is 11.4 Å². The Morgan fingerprint density at radius 1 is 1.50 bits per heavy atom. The molecule has 0 unspecified atom stereocenters. The Morgan fingerprint density at radius 2 is 2.31 bits per heavy atom. The Labute approximate surface area is 108 Å². The zero-order valence-corrected chi connectivity index (χ0v) is 11.4. The van der Waals surface area contributed by atoms with Gasteiger partial charge in [-0.25, -0.2) is 0 Å². The molecule has 1 aromatic heterocycles. The topological polar surface area (TPSA) is 41.1 Å². The lowest BCUT2D eigenvalue weighted by Gasteiger charge is -2.04. The molecule has 1 fully saturated rings. The van der Waals surface area contributed by atoms with Crippen LogP contribution in [-0.4, -0.2) is 25.0 Å². The van der Waals surface area contributed by atoms with Gasteiger partial charge in [-0.3, -0.25) is 4.79 Å². The van der Waals surface area contributed by atoms with Crippen LogP contribution in [0.25, 0.3) is 0 Å². The van der Waals surface area contributed by atoms with Crippen molar-refractivity contribution in [1.82, 2.24) is 10.6 Å². The lowest BCUT2D eigenvalue weighted by atomic mass is 10.3. The van der Waals surface area contributed by atoms with Crippen LogP contribution in [-0.2, 0) is 0 Å². The number of halogens is 1. The number of hydrogen-bond acceptors (Lipinski definition) is 3. The maximum Gasteiger partial charge on any atom is 0.252 e. The van der Waals surface area contributed by atoms with E-state index in [0.717, 1.165) is 34.9 Å². The van der Waals surface area contributed by atoms with E-state index in [0.29, 0.717) is 0 Å². The largest absolute Gasteiger partial charge is 0.352 e. The van der Waals surface area contributed by atoms with Gasteiger partial charge in [0.05, 0.1) is 9.35 Å². The Kier molecular flexibility index (Phi) is 4.37. The van der Waals surface area contributed by atoms with Crippen LogP contribution in [0.5, 0.6) is 0 Å². The summed E-state index contributed by atoms with van der Waals surface area (Å²) in [4.78, 5) is 11.6. The van der Waals surface area contributed by atoms with Crippen molar-refractivity contribution in [3.63, 3.8) is 0 Å². The van der Waals surface area contributed by atoms with Gasteiger partial charge in [0.1, 0.15) is 0 Å². The van der Waals surface area contributed by atoms with E-state index >= 15 is 0 Å². The Morgan fingerprint density at radius 3 is 2.94 bits per heavy atom. The van der Waals surface area contributed by atoms with Crippen LogP contribution in [0.3, 0.4) is 0 Å². The van der Waals surface area contributed by atoms with Crippen molar-refractivity contribution in [3.05, 3.63) is 20.8 Å². The second-order valence-electron chi connectivity index (χ2n) is 3.98. The average Bonchev–Trinajstić information content (AvgIpc) is 2.99. The third kappa shape index (κ3) is 3.88. The van der Waals surface area contributed by atoms with Gasteiger partial charge in [-0.2, -0.15) is 0 Å². The minimum absolute atomic E-state index is 0.0216. The van der Waals surface area contributed by atoms with E-state index < -0.39 is 0 Å². The van der Waals surface area contributed by atoms with Gasteiger partial charge in [-0.15, -0.1) is 11.3 Å². The molecule has 2 N–H and O–H groups in total. The van der Waals surface area contributed by atoms with Crippen molar-refractivity contribution in [2.45, 2.75) is 25.3 Å². The number of carbonyl (C=O) groups is 1. The van der Waals surface area contributed by atoms with Crippen LogP contribution >= 0.6 is 27.3 Å². The molecule has 0 aliphatic heterocycles. The highest BCUT2D eigenvalue weighted by Crippen LogP contribution is 2.20. The highest BCUT2D eigenvalue weighted by atomic mass is 79.9. The van der Waals surface area contributed by atoms with Gasteiger partial charge in [0.25, 0.3) is 5.91 Å². The smallest absolute Gasteiger partial charge is 0.252 e. The fourth-order valence-corrected chi connectivity index (χ4v) is 2.55. The van der Waals surface area contributed by atoms with Crippen LogP contribution in [0.4, 0.5) is 0 Å². The van der Waals surface area contributed by atoms with Gasteiger partial charge in [0, 0.05) is 18.0 Å². The van der Waals surface area contributed by atoms with Crippen molar-refractivity contribution in [1.29, 1.82) is 0 Å². The van der Waals surface area contributed by atoms with Gasteiger partial charge in [-0.1, -0.05) is 0 Å². The molecule has 88 valence electrons. The summed E-state index contributed by atoms with van der Waals surface area (Å²) in [5.41, 5.74) is 0.743. The first-order chi connectivity index (χ1) is 7.75. The summed E-state index contributed by atoms with van der Waals surface area (Å²) in [6.07, 6.45) is 3.62. The second kappa shape index (κ2) is 5.80. The lowest BCUT2D eigenvalue weighted by Crippen LogP contribution is -2.27. The fraction of sp³-hybridized carbons (Fsp3) is 0.545. The van der Waals surface area contributed by atoms with Crippen LogP contribution in [0.15, 0.2) is 15.2 Å². The van der Waals surface area contributed by atoms with Crippen molar-refractivity contribution >= 4 is 33.2 Å². The van der Waals surface area contributed by atoms with E-state index in [1.165, 1.54) is 24.2 Å². The minimum atomic E-state index is 0.0216. The summed E-state index contributed by atoms with van der Waals surface area (Å²) < 4.78 is 0.994. The predicted octanol–water partition coefficient (Wildman–Crippen LogP) is 2.38. The Bertz CT molecular complexity index is 363. The molecule has 16 heavy (non-hydrogen) atoms. The molecule has 1 saturated carbocycles. The predicted molar refractivity (Wildman–Crippen MR) is 70.0 cm³/mol. The molecule has 5 heteroatoms. The third-order valence-corrected chi connectivity index (χ3v) is 3.98. The third-order valence-electron chi connectivity index (χ3n) is 2.48. The number of carbonyl (C=O) groups excluding carboxylic acids is 1. The molecule has 0 atom stereocenters. The normalized spacial score (nSPS) is 15.1. The van der Waals surface area contributed by atoms with Gasteiger partial charge in [0.15, 0.2) is 0 Å². The molecule has 3 nitrogen and oxygen atoms in total. The maximum absolute atomic E-state index is 11.6. The second-order valence-corrected chi connectivity index (χ2v) is 6.27. The van der Waals surface area contributed by atoms with Gasteiger partial charge < -0.3 is 10.6 Å². The Balaban J connectivity index is 1.59. The first-order valence-corrected chi connectivity index (χ1v) is 7.18. The van der Waals surface area contributed by atoms with E-state index in [2.05, 4.69) is 26.6 Å². The molecule has 1 aliphatic carbocycles. The molecular formula is C11H15BrN2OS. The van der Waals surface area contributed by atoms with Crippen LogP contribution in [0, 0.1) is 0 Å². The zero-order valence-electron chi connectivity index (χ0n) is 8.96. The molecule has 0 spiro atoms. The fourth-order valence-electron chi connectivity index (χ4n) is 1.42. The average molecular weight is 303 g/mol. The van der Waals surface area contributed by atoms with Crippen LogP contribution in [0.2, 0.25) is 0 Å². The molecule has 0 bridgehead atoms. The van der Waals surface area contributed by atoms with Crippen molar-refractivity contribution < 1.29 is 4.79 Å².